The van der Waals surface area contributed by atoms with Crippen molar-refractivity contribution >= 4 is 15.9 Å². The van der Waals surface area contributed by atoms with E-state index < -0.39 is 0 Å². The van der Waals surface area contributed by atoms with E-state index >= 15 is 0 Å². The molecule has 1 aliphatic rings. The lowest BCUT2D eigenvalue weighted by atomic mass is 9.92. The zero-order chi connectivity index (χ0) is 11.4. The molecule has 0 bridgehead atoms. The highest BCUT2D eigenvalue weighted by Gasteiger charge is 2.18. The van der Waals surface area contributed by atoms with Crippen molar-refractivity contribution in [3.05, 3.63) is 35.6 Å². The molecule has 1 saturated carbocycles. The van der Waals surface area contributed by atoms with Crippen molar-refractivity contribution in [2.75, 3.05) is 0 Å². The van der Waals surface area contributed by atoms with E-state index in [1.807, 2.05) is 12.1 Å². The van der Waals surface area contributed by atoms with Crippen LogP contribution in [0.3, 0.4) is 0 Å². The van der Waals surface area contributed by atoms with Gasteiger partial charge in [-0.05, 0) is 42.9 Å². The summed E-state index contributed by atoms with van der Waals surface area (Å²) in [4.78, 5) is 0.661. The van der Waals surface area contributed by atoms with Crippen LogP contribution >= 0.6 is 15.9 Å². The lowest BCUT2D eigenvalue weighted by molar-refractivity contribution is 0.462. The van der Waals surface area contributed by atoms with E-state index in [4.69, 9.17) is 0 Å². The van der Waals surface area contributed by atoms with Gasteiger partial charge in [-0.25, -0.2) is 4.39 Å². The summed E-state index contributed by atoms with van der Waals surface area (Å²) in [5.74, 6) is 0.607. The molecule has 1 aromatic carbocycles. The monoisotopic (exact) mass is 284 g/mol. The van der Waals surface area contributed by atoms with Gasteiger partial charge in [0, 0.05) is 4.83 Å². The van der Waals surface area contributed by atoms with E-state index in [1.165, 1.54) is 38.2 Å². The molecule has 16 heavy (non-hydrogen) atoms. The molecule has 0 aromatic heterocycles. The van der Waals surface area contributed by atoms with Crippen LogP contribution in [-0.2, 0) is 6.42 Å². The molecule has 0 N–H and O–H groups in total. The molecule has 2 rings (SSSR count). The molecule has 0 amide bonds. The number of hydrogen-bond acceptors (Lipinski definition) is 0. The van der Waals surface area contributed by atoms with Gasteiger partial charge < -0.3 is 0 Å². The van der Waals surface area contributed by atoms with Gasteiger partial charge in [0.2, 0.25) is 0 Å². The van der Waals surface area contributed by atoms with E-state index in [0.717, 1.165) is 12.0 Å². The van der Waals surface area contributed by atoms with Gasteiger partial charge in [-0.1, -0.05) is 47.3 Å². The first kappa shape index (κ1) is 12.1. The Morgan fingerprint density at radius 3 is 2.88 bits per heavy atom. The topological polar surface area (TPSA) is 0 Å². The van der Waals surface area contributed by atoms with Gasteiger partial charge in [0.25, 0.3) is 0 Å². The Morgan fingerprint density at radius 2 is 2.06 bits per heavy atom. The van der Waals surface area contributed by atoms with Gasteiger partial charge in [0.1, 0.15) is 5.82 Å². The smallest absolute Gasteiger partial charge is 0.123 e. The van der Waals surface area contributed by atoms with Crippen LogP contribution in [0.1, 0.15) is 37.7 Å². The Kier molecular flexibility index (Phi) is 4.39. The normalized spacial score (nSPS) is 26.4. The second-order valence-corrected chi connectivity index (χ2v) is 6.11. The molecule has 2 unspecified atom stereocenters. The molecule has 0 heterocycles. The van der Waals surface area contributed by atoms with Crippen LogP contribution in [-0.4, -0.2) is 4.83 Å². The zero-order valence-electron chi connectivity index (χ0n) is 9.46. The van der Waals surface area contributed by atoms with Gasteiger partial charge in [0.05, 0.1) is 0 Å². The van der Waals surface area contributed by atoms with Crippen molar-refractivity contribution in [2.45, 2.75) is 43.4 Å². The first-order valence-corrected chi connectivity index (χ1v) is 7.04. The maximum atomic E-state index is 13.1. The van der Waals surface area contributed by atoms with Gasteiger partial charge in [-0.3, -0.25) is 0 Å². The van der Waals surface area contributed by atoms with Crippen LogP contribution in [0.15, 0.2) is 24.3 Å². The molecule has 1 fully saturated rings. The lowest BCUT2D eigenvalue weighted by Crippen LogP contribution is -2.08. The molecule has 0 spiro atoms. The zero-order valence-corrected chi connectivity index (χ0v) is 11.0. The largest absolute Gasteiger partial charge is 0.207 e. The van der Waals surface area contributed by atoms with Gasteiger partial charge >= 0.3 is 0 Å². The van der Waals surface area contributed by atoms with Crippen LogP contribution in [0.5, 0.6) is 0 Å². The van der Waals surface area contributed by atoms with Crippen molar-refractivity contribution in [2.24, 2.45) is 5.92 Å². The van der Waals surface area contributed by atoms with Gasteiger partial charge in [-0.2, -0.15) is 0 Å². The molecule has 2 atom stereocenters. The third kappa shape index (κ3) is 3.58. The molecule has 0 radical (unpaired) electrons. The standard InChI is InChI=1S/C14H18BrF/c15-13-6-2-1-4-11(9-13)8-12-5-3-7-14(16)10-12/h3,5,7,10-11,13H,1-2,4,6,8-9H2. The van der Waals surface area contributed by atoms with Crippen LogP contribution in [0.4, 0.5) is 4.39 Å². The van der Waals surface area contributed by atoms with Crippen molar-refractivity contribution < 1.29 is 4.39 Å². The summed E-state index contributed by atoms with van der Waals surface area (Å²) in [5.41, 5.74) is 1.15. The fourth-order valence-corrected chi connectivity index (χ4v) is 3.43. The molecule has 0 nitrogen and oxygen atoms in total. The average Bonchev–Trinajstić information content (AvgIpc) is 2.43. The first-order valence-electron chi connectivity index (χ1n) is 6.12. The SMILES string of the molecule is Fc1cccc(CC2CCCCC(Br)C2)c1. The van der Waals surface area contributed by atoms with Crippen molar-refractivity contribution in [1.29, 1.82) is 0 Å². The molecular formula is C14H18BrF. The summed E-state index contributed by atoms with van der Waals surface area (Å²) in [6.45, 7) is 0. The fourth-order valence-electron chi connectivity index (χ4n) is 2.58. The van der Waals surface area contributed by atoms with Crippen LogP contribution in [0.2, 0.25) is 0 Å². The predicted octanol–water partition coefficient (Wildman–Crippen LogP) is 4.71. The van der Waals surface area contributed by atoms with E-state index in [2.05, 4.69) is 15.9 Å². The highest BCUT2D eigenvalue weighted by Crippen LogP contribution is 2.30. The minimum absolute atomic E-state index is 0.110. The van der Waals surface area contributed by atoms with E-state index in [-0.39, 0.29) is 5.82 Å². The Hall–Kier alpha value is -0.370. The molecule has 2 heteroatoms. The highest BCUT2D eigenvalue weighted by atomic mass is 79.9. The summed E-state index contributed by atoms with van der Waals surface area (Å²) in [6.07, 6.45) is 7.49. The molecule has 1 aliphatic carbocycles. The summed E-state index contributed by atoms with van der Waals surface area (Å²) >= 11 is 3.73. The maximum Gasteiger partial charge on any atom is 0.123 e. The molecule has 88 valence electrons. The minimum atomic E-state index is -0.110. The maximum absolute atomic E-state index is 13.1. The second kappa shape index (κ2) is 5.81. The van der Waals surface area contributed by atoms with Crippen LogP contribution < -0.4 is 0 Å². The lowest BCUT2D eigenvalue weighted by Gasteiger charge is -2.16. The van der Waals surface area contributed by atoms with Gasteiger partial charge in [-0.15, -0.1) is 0 Å². The van der Waals surface area contributed by atoms with Crippen LogP contribution in [0.25, 0.3) is 0 Å². The number of alkyl halides is 1. The number of halogens is 2. The molecule has 0 aliphatic heterocycles. The Labute approximate surface area is 105 Å². The van der Waals surface area contributed by atoms with Crippen molar-refractivity contribution in [3.63, 3.8) is 0 Å². The number of hydrogen-bond donors (Lipinski definition) is 0. The average molecular weight is 285 g/mol. The summed E-state index contributed by atoms with van der Waals surface area (Å²) in [7, 11) is 0. The summed E-state index contributed by atoms with van der Waals surface area (Å²) < 4.78 is 13.1. The van der Waals surface area contributed by atoms with E-state index in [9.17, 15) is 4.39 Å². The predicted molar refractivity (Wildman–Crippen MR) is 69.4 cm³/mol. The molecule has 1 aromatic rings. The Bertz CT molecular complexity index is 337. The van der Waals surface area contributed by atoms with Crippen LogP contribution in [0, 0.1) is 11.7 Å². The van der Waals surface area contributed by atoms with Gasteiger partial charge in [0.15, 0.2) is 0 Å². The third-order valence-electron chi connectivity index (χ3n) is 3.38. The number of rotatable bonds is 2. The quantitative estimate of drug-likeness (QED) is 0.545. The van der Waals surface area contributed by atoms with Crippen molar-refractivity contribution in [3.8, 4) is 0 Å². The summed E-state index contributed by atoms with van der Waals surface area (Å²) in [5, 5.41) is 0. The number of benzene rings is 1. The Balaban J connectivity index is 1.97. The fraction of sp³-hybridized carbons (Fsp3) is 0.571. The first-order chi connectivity index (χ1) is 7.74. The Morgan fingerprint density at radius 1 is 1.25 bits per heavy atom. The van der Waals surface area contributed by atoms with Crippen molar-refractivity contribution in [1.82, 2.24) is 0 Å². The minimum Gasteiger partial charge on any atom is -0.207 e. The second-order valence-electron chi connectivity index (χ2n) is 4.82. The third-order valence-corrected chi connectivity index (χ3v) is 4.21. The molecule has 0 saturated heterocycles. The summed E-state index contributed by atoms with van der Waals surface area (Å²) in [6, 6.07) is 7.04. The van der Waals surface area contributed by atoms with E-state index in [0.29, 0.717) is 10.7 Å². The molecular weight excluding hydrogens is 267 g/mol. The highest BCUT2D eigenvalue weighted by molar-refractivity contribution is 9.09. The van der Waals surface area contributed by atoms with E-state index in [1.54, 1.807) is 6.07 Å².